The molecular formula is C25H22ClF3N6O3S. The van der Waals surface area contributed by atoms with Gasteiger partial charge in [0.15, 0.2) is 10.8 Å². The van der Waals surface area contributed by atoms with Gasteiger partial charge in [-0.2, -0.15) is 13.9 Å². The van der Waals surface area contributed by atoms with Gasteiger partial charge in [0.25, 0.3) is 0 Å². The summed E-state index contributed by atoms with van der Waals surface area (Å²) in [7, 11) is 0. The molecule has 2 fully saturated rings. The molecule has 1 saturated carbocycles. The van der Waals surface area contributed by atoms with Crippen LogP contribution in [0.15, 0.2) is 52.7 Å². The van der Waals surface area contributed by atoms with Crippen LogP contribution in [0.1, 0.15) is 48.1 Å². The van der Waals surface area contributed by atoms with Gasteiger partial charge in [0.2, 0.25) is 0 Å². The van der Waals surface area contributed by atoms with E-state index in [2.05, 4.69) is 15.4 Å². The number of amides is 1. The number of alkyl halides is 2. The lowest BCUT2D eigenvalue weighted by atomic mass is 9.92. The largest absolute Gasteiger partial charge is 0.446 e. The number of alkyl carbamates (subject to hydrolysis) is 1. The van der Waals surface area contributed by atoms with Crippen molar-refractivity contribution in [2.24, 2.45) is 4.99 Å². The lowest BCUT2D eigenvalue weighted by molar-refractivity contribution is -0.0354. The SMILES string of the molecule is O=C(N[C@H]1CC2=C(c3ccn(C(F)F)n3)[C@H](c3ccc(F)cc3Cl)N=C(c3nccs3)N2C1)OC1CC(O)C1. The Balaban J connectivity index is 1.42. The number of benzene rings is 1. The van der Waals surface area contributed by atoms with E-state index in [0.717, 1.165) is 0 Å². The number of carbonyl (C=O) groups is 1. The van der Waals surface area contributed by atoms with Gasteiger partial charge in [0.05, 0.1) is 17.8 Å². The number of amidine groups is 1. The third-order valence-electron chi connectivity index (χ3n) is 6.89. The van der Waals surface area contributed by atoms with Crippen LogP contribution in [0.2, 0.25) is 5.02 Å². The van der Waals surface area contributed by atoms with Gasteiger partial charge in [-0.3, -0.25) is 4.99 Å². The van der Waals surface area contributed by atoms with E-state index in [1.165, 1.54) is 41.8 Å². The van der Waals surface area contributed by atoms with Crippen LogP contribution in [0.4, 0.5) is 18.0 Å². The topological polar surface area (TPSA) is 105 Å². The van der Waals surface area contributed by atoms with Gasteiger partial charge in [-0.1, -0.05) is 17.7 Å². The summed E-state index contributed by atoms with van der Waals surface area (Å²) < 4.78 is 46.8. The Morgan fingerprint density at radius 1 is 1.28 bits per heavy atom. The Morgan fingerprint density at radius 3 is 2.77 bits per heavy atom. The van der Waals surface area contributed by atoms with E-state index in [1.807, 2.05) is 4.90 Å². The van der Waals surface area contributed by atoms with E-state index >= 15 is 0 Å². The fourth-order valence-electron chi connectivity index (χ4n) is 5.04. The number of nitrogens with one attached hydrogen (secondary N) is 1. The fourth-order valence-corrected chi connectivity index (χ4v) is 5.95. The number of thiazole rings is 1. The van der Waals surface area contributed by atoms with E-state index < -0.39 is 36.6 Å². The molecule has 0 spiro atoms. The molecule has 6 rings (SSSR count). The summed E-state index contributed by atoms with van der Waals surface area (Å²) in [6, 6.07) is 4.22. The van der Waals surface area contributed by atoms with Gasteiger partial charge in [0, 0.05) is 65.4 Å². The van der Waals surface area contributed by atoms with Crippen LogP contribution >= 0.6 is 22.9 Å². The number of aromatic nitrogens is 3. The minimum Gasteiger partial charge on any atom is -0.446 e. The van der Waals surface area contributed by atoms with Gasteiger partial charge in [-0.15, -0.1) is 11.3 Å². The van der Waals surface area contributed by atoms with E-state index in [1.54, 1.807) is 11.6 Å². The molecule has 2 atom stereocenters. The van der Waals surface area contributed by atoms with Crippen LogP contribution in [-0.4, -0.2) is 61.5 Å². The van der Waals surface area contributed by atoms with Crippen LogP contribution in [0, 0.1) is 5.82 Å². The van der Waals surface area contributed by atoms with Crippen LogP contribution in [-0.2, 0) is 4.74 Å². The maximum absolute atomic E-state index is 13.9. The maximum Gasteiger partial charge on any atom is 0.407 e. The first kappa shape index (κ1) is 25.8. The second kappa shape index (κ2) is 10.3. The van der Waals surface area contributed by atoms with E-state index in [-0.39, 0.29) is 16.8 Å². The molecule has 2 N–H and O–H groups in total. The van der Waals surface area contributed by atoms with Crippen LogP contribution in [0.5, 0.6) is 0 Å². The standard InChI is InChI=1S/C25H22ClF3N6O3S/c26-17-7-12(27)1-2-16(17)21-20(18-3-5-35(33-18)24(28)29)19-8-13(31-25(37)38-15-9-14(36)10-15)11-34(19)22(32-21)23-30-4-6-39-23/h1-7,13-15,21,24,36H,8-11H2,(H,31,37)/t13-,14?,15?,21-/m0/s1. The summed E-state index contributed by atoms with van der Waals surface area (Å²) in [5.74, 6) is -0.00802. The first-order valence-electron chi connectivity index (χ1n) is 12.2. The number of ether oxygens (including phenoxy) is 1. The molecule has 2 aromatic heterocycles. The van der Waals surface area contributed by atoms with Crippen molar-refractivity contribution in [1.29, 1.82) is 0 Å². The van der Waals surface area contributed by atoms with Gasteiger partial charge in [0.1, 0.15) is 18.0 Å². The highest BCUT2D eigenvalue weighted by atomic mass is 35.5. The normalized spacial score (nSPS) is 24.5. The zero-order valence-electron chi connectivity index (χ0n) is 20.2. The minimum absolute atomic E-state index is 0.126. The Bertz CT molecular complexity index is 1460. The molecule has 4 heterocycles. The molecule has 1 amide bonds. The van der Waals surface area contributed by atoms with Crippen molar-refractivity contribution in [2.45, 2.75) is 50.1 Å². The number of hydrogen-bond donors (Lipinski definition) is 2. The summed E-state index contributed by atoms with van der Waals surface area (Å²) in [6.45, 7) is -2.52. The third-order valence-corrected chi connectivity index (χ3v) is 7.99. The molecule has 9 nitrogen and oxygen atoms in total. The molecule has 0 unspecified atom stereocenters. The summed E-state index contributed by atoms with van der Waals surface area (Å²) in [5, 5.41) is 19.0. The molecule has 14 heteroatoms. The van der Waals surface area contributed by atoms with Crippen LogP contribution < -0.4 is 5.32 Å². The molecular weight excluding hydrogens is 557 g/mol. The minimum atomic E-state index is -2.84. The predicted molar refractivity (Wildman–Crippen MR) is 137 cm³/mol. The van der Waals surface area contributed by atoms with Crippen molar-refractivity contribution < 1.29 is 27.8 Å². The summed E-state index contributed by atoms with van der Waals surface area (Å²) in [4.78, 5) is 23.8. The number of carbonyl (C=O) groups excluding carboxylic acids is 1. The summed E-state index contributed by atoms with van der Waals surface area (Å²) >= 11 is 7.83. The summed E-state index contributed by atoms with van der Waals surface area (Å²) in [6.07, 6.45) is 2.52. The highest BCUT2D eigenvalue weighted by Gasteiger charge is 2.42. The number of aliphatic imine (C=N–C) groups is 1. The number of hydrogen-bond acceptors (Lipinski definition) is 8. The van der Waals surface area contributed by atoms with E-state index in [0.29, 0.717) is 58.2 Å². The molecule has 1 aliphatic carbocycles. The van der Waals surface area contributed by atoms with Crippen LogP contribution in [0.25, 0.3) is 5.57 Å². The van der Waals surface area contributed by atoms with E-state index in [4.69, 9.17) is 21.3 Å². The number of aliphatic hydroxyl groups is 1. The quantitative estimate of drug-likeness (QED) is 0.437. The van der Waals surface area contributed by atoms with Crippen molar-refractivity contribution >= 4 is 40.4 Å². The molecule has 204 valence electrons. The molecule has 2 aliphatic heterocycles. The van der Waals surface area contributed by atoms with E-state index in [9.17, 15) is 23.1 Å². The molecule has 3 aliphatic rings. The Morgan fingerprint density at radius 2 is 2.10 bits per heavy atom. The highest BCUT2D eigenvalue weighted by Crippen LogP contribution is 2.46. The number of nitrogens with zero attached hydrogens (tertiary/aromatic N) is 5. The maximum atomic E-state index is 13.9. The fraction of sp³-hybridized carbons (Fsp3) is 0.360. The predicted octanol–water partition coefficient (Wildman–Crippen LogP) is 4.76. The molecule has 3 aromatic rings. The van der Waals surface area contributed by atoms with Gasteiger partial charge in [-0.25, -0.2) is 18.9 Å². The lowest BCUT2D eigenvalue weighted by Crippen LogP contribution is -2.43. The Hall–Kier alpha value is -3.42. The molecule has 1 aromatic carbocycles. The smallest absolute Gasteiger partial charge is 0.407 e. The average molecular weight is 579 g/mol. The van der Waals surface area contributed by atoms with Crippen molar-refractivity contribution in [2.75, 3.05) is 6.54 Å². The lowest BCUT2D eigenvalue weighted by Gasteiger charge is -2.32. The monoisotopic (exact) mass is 578 g/mol. The number of rotatable bonds is 6. The number of halogens is 4. The van der Waals surface area contributed by atoms with Crippen molar-refractivity contribution in [3.05, 3.63) is 74.8 Å². The van der Waals surface area contributed by atoms with Crippen LogP contribution in [0.3, 0.4) is 0 Å². The second-order valence-corrected chi connectivity index (χ2v) is 10.8. The molecule has 1 saturated heterocycles. The zero-order chi connectivity index (χ0) is 27.3. The molecule has 39 heavy (non-hydrogen) atoms. The Labute approximate surface area is 229 Å². The number of aliphatic hydroxyl groups excluding tert-OH is 1. The summed E-state index contributed by atoms with van der Waals surface area (Å²) in [5.41, 5.74) is 1.95. The zero-order valence-corrected chi connectivity index (χ0v) is 21.7. The highest BCUT2D eigenvalue weighted by molar-refractivity contribution is 7.11. The third kappa shape index (κ3) is 5.01. The first-order valence-corrected chi connectivity index (χ1v) is 13.4. The van der Waals surface area contributed by atoms with Crippen molar-refractivity contribution in [3.8, 4) is 0 Å². The number of fused-ring (bicyclic) bond motifs is 1. The Kier molecular flexibility index (Phi) is 6.81. The van der Waals surface area contributed by atoms with Crippen molar-refractivity contribution in [3.63, 3.8) is 0 Å². The average Bonchev–Trinajstić information content (AvgIpc) is 3.63. The van der Waals surface area contributed by atoms with Gasteiger partial charge in [-0.05, 0) is 18.2 Å². The van der Waals surface area contributed by atoms with Crippen molar-refractivity contribution in [1.82, 2.24) is 25.0 Å². The first-order chi connectivity index (χ1) is 18.8. The van der Waals surface area contributed by atoms with Gasteiger partial charge < -0.3 is 20.1 Å². The molecule has 0 bridgehead atoms. The second-order valence-electron chi connectivity index (χ2n) is 9.49. The van der Waals surface area contributed by atoms with Gasteiger partial charge >= 0.3 is 12.6 Å². The molecule has 0 radical (unpaired) electrons.